The van der Waals surface area contributed by atoms with Gasteiger partial charge in [-0.15, -0.1) is 0 Å². The summed E-state index contributed by atoms with van der Waals surface area (Å²) in [6.07, 6.45) is 1.57. The summed E-state index contributed by atoms with van der Waals surface area (Å²) in [5.41, 5.74) is 0.326. The Labute approximate surface area is 104 Å². The number of aromatic nitrogens is 1. The third-order valence-electron chi connectivity index (χ3n) is 2.25. The van der Waals surface area contributed by atoms with E-state index in [1.165, 1.54) is 4.90 Å². The molecule has 0 aliphatic rings. The number of carbonyl (C=O) groups is 1. The number of furan rings is 1. The Balaban J connectivity index is 2.09. The maximum absolute atomic E-state index is 12.0. The lowest BCUT2D eigenvalue weighted by Crippen LogP contribution is -2.26. The first-order valence-electron chi connectivity index (χ1n) is 5.07. The van der Waals surface area contributed by atoms with Crippen LogP contribution in [0.15, 0.2) is 41.0 Å². The molecule has 0 aliphatic heterocycles. The van der Waals surface area contributed by atoms with Gasteiger partial charge in [0.25, 0.3) is 5.91 Å². The maximum Gasteiger partial charge on any atom is 0.272 e. The standard InChI is InChI=1S/C12H11ClN2O2/c1-15(8-9-4-3-7-17-9)12(16)10-5-2-6-11(13)14-10/h2-7H,8H2,1H3. The van der Waals surface area contributed by atoms with Crippen molar-refractivity contribution in [3.63, 3.8) is 0 Å². The largest absolute Gasteiger partial charge is 0.467 e. The molecule has 0 bridgehead atoms. The molecule has 88 valence electrons. The minimum Gasteiger partial charge on any atom is -0.467 e. The van der Waals surface area contributed by atoms with Crippen molar-refractivity contribution in [1.29, 1.82) is 0 Å². The van der Waals surface area contributed by atoms with Gasteiger partial charge in [0.15, 0.2) is 0 Å². The molecule has 5 heteroatoms. The minimum absolute atomic E-state index is 0.191. The summed E-state index contributed by atoms with van der Waals surface area (Å²) in [5.74, 6) is 0.534. The van der Waals surface area contributed by atoms with Crippen molar-refractivity contribution in [2.75, 3.05) is 7.05 Å². The van der Waals surface area contributed by atoms with E-state index < -0.39 is 0 Å². The molecular formula is C12H11ClN2O2. The Bertz CT molecular complexity index is 511. The molecule has 1 amide bonds. The molecule has 2 aromatic rings. The fraction of sp³-hybridized carbons (Fsp3) is 0.167. The van der Waals surface area contributed by atoms with Crippen molar-refractivity contribution in [1.82, 2.24) is 9.88 Å². The zero-order valence-corrected chi connectivity index (χ0v) is 10.0. The van der Waals surface area contributed by atoms with Crippen molar-refractivity contribution in [2.45, 2.75) is 6.54 Å². The molecule has 0 saturated carbocycles. The van der Waals surface area contributed by atoms with E-state index >= 15 is 0 Å². The van der Waals surface area contributed by atoms with Crippen LogP contribution < -0.4 is 0 Å². The van der Waals surface area contributed by atoms with Crippen molar-refractivity contribution in [2.24, 2.45) is 0 Å². The van der Waals surface area contributed by atoms with Crippen LogP contribution in [0, 0.1) is 0 Å². The van der Waals surface area contributed by atoms with E-state index in [-0.39, 0.29) is 5.91 Å². The van der Waals surface area contributed by atoms with Gasteiger partial charge < -0.3 is 9.32 Å². The van der Waals surface area contributed by atoms with Crippen LogP contribution in [0.25, 0.3) is 0 Å². The molecule has 2 heterocycles. The van der Waals surface area contributed by atoms with Crippen molar-refractivity contribution in [3.8, 4) is 0 Å². The van der Waals surface area contributed by atoms with Gasteiger partial charge in [0, 0.05) is 7.05 Å². The molecule has 0 aromatic carbocycles. The highest BCUT2D eigenvalue weighted by molar-refractivity contribution is 6.29. The molecule has 0 unspecified atom stereocenters. The number of halogens is 1. The molecule has 0 aliphatic carbocycles. The fourth-order valence-corrected chi connectivity index (χ4v) is 1.59. The Morgan fingerprint density at radius 1 is 1.41 bits per heavy atom. The lowest BCUT2D eigenvalue weighted by molar-refractivity contribution is 0.0769. The molecule has 0 saturated heterocycles. The van der Waals surface area contributed by atoms with Crippen LogP contribution in [0.1, 0.15) is 16.2 Å². The smallest absolute Gasteiger partial charge is 0.272 e. The summed E-state index contributed by atoms with van der Waals surface area (Å²) >= 11 is 5.74. The first-order valence-corrected chi connectivity index (χ1v) is 5.45. The second kappa shape index (κ2) is 5.01. The molecule has 0 radical (unpaired) electrons. The van der Waals surface area contributed by atoms with E-state index in [0.717, 1.165) is 5.76 Å². The van der Waals surface area contributed by atoms with Gasteiger partial charge in [-0.2, -0.15) is 0 Å². The van der Waals surface area contributed by atoms with Crippen molar-refractivity contribution >= 4 is 17.5 Å². The van der Waals surface area contributed by atoms with Crippen LogP contribution in [0.3, 0.4) is 0 Å². The third kappa shape index (κ3) is 2.85. The highest BCUT2D eigenvalue weighted by atomic mass is 35.5. The summed E-state index contributed by atoms with van der Waals surface area (Å²) in [7, 11) is 1.69. The number of hydrogen-bond donors (Lipinski definition) is 0. The predicted molar refractivity (Wildman–Crippen MR) is 63.8 cm³/mol. The molecule has 17 heavy (non-hydrogen) atoms. The Hall–Kier alpha value is -1.81. The van der Waals surface area contributed by atoms with Gasteiger partial charge in [0.2, 0.25) is 0 Å². The minimum atomic E-state index is -0.191. The van der Waals surface area contributed by atoms with Gasteiger partial charge >= 0.3 is 0 Å². The normalized spacial score (nSPS) is 10.2. The molecule has 0 atom stereocenters. The van der Waals surface area contributed by atoms with Crippen LogP contribution in [0.4, 0.5) is 0 Å². The van der Waals surface area contributed by atoms with Gasteiger partial charge in [-0.3, -0.25) is 4.79 Å². The zero-order valence-electron chi connectivity index (χ0n) is 9.26. The van der Waals surface area contributed by atoms with Crippen molar-refractivity contribution < 1.29 is 9.21 Å². The Morgan fingerprint density at radius 3 is 2.88 bits per heavy atom. The molecule has 2 rings (SSSR count). The average molecular weight is 251 g/mol. The maximum atomic E-state index is 12.0. The van der Waals surface area contributed by atoms with Gasteiger partial charge in [-0.05, 0) is 24.3 Å². The molecular weight excluding hydrogens is 240 g/mol. The molecule has 0 N–H and O–H groups in total. The SMILES string of the molecule is CN(Cc1ccco1)C(=O)c1cccc(Cl)n1. The first kappa shape index (κ1) is 11.7. The lowest BCUT2D eigenvalue weighted by atomic mass is 10.3. The predicted octanol–water partition coefficient (Wildman–Crippen LogP) is 2.60. The van der Waals surface area contributed by atoms with E-state index in [4.69, 9.17) is 16.0 Å². The number of hydrogen-bond acceptors (Lipinski definition) is 3. The quantitative estimate of drug-likeness (QED) is 0.787. The van der Waals surface area contributed by atoms with Crippen LogP contribution in [-0.4, -0.2) is 22.8 Å². The van der Waals surface area contributed by atoms with Gasteiger partial charge in [-0.25, -0.2) is 4.98 Å². The van der Waals surface area contributed by atoms with E-state index in [2.05, 4.69) is 4.98 Å². The van der Waals surface area contributed by atoms with E-state index in [1.54, 1.807) is 37.6 Å². The monoisotopic (exact) mass is 250 g/mol. The summed E-state index contributed by atoms with van der Waals surface area (Å²) in [6.45, 7) is 0.403. The highest BCUT2D eigenvalue weighted by Gasteiger charge is 2.14. The topological polar surface area (TPSA) is 46.3 Å². The summed E-state index contributed by atoms with van der Waals surface area (Å²) < 4.78 is 5.17. The van der Waals surface area contributed by atoms with Gasteiger partial charge in [0.05, 0.1) is 12.8 Å². The highest BCUT2D eigenvalue weighted by Crippen LogP contribution is 2.10. The third-order valence-corrected chi connectivity index (χ3v) is 2.46. The molecule has 0 spiro atoms. The van der Waals surface area contributed by atoms with Crippen molar-refractivity contribution in [3.05, 3.63) is 53.2 Å². The van der Waals surface area contributed by atoms with E-state index in [1.807, 2.05) is 6.07 Å². The average Bonchev–Trinajstić information content (AvgIpc) is 2.80. The molecule has 2 aromatic heterocycles. The second-order valence-corrected chi connectivity index (χ2v) is 3.97. The number of nitrogens with zero attached hydrogens (tertiary/aromatic N) is 2. The summed E-state index contributed by atoms with van der Waals surface area (Å²) in [6, 6.07) is 8.56. The second-order valence-electron chi connectivity index (χ2n) is 3.59. The summed E-state index contributed by atoms with van der Waals surface area (Å²) in [4.78, 5) is 17.5. The number of pyridine rings is 1. The van der Waals surface area contributed by atoms with Crippen LogP contribution in [0.2, 0.25) is 5.15 Å². The number of amides is 1. The zero-order chi connectivity index (χ0) is 12.3. The first-order chi connectivity index (χ1) is 8.16. The van der Waals surface area contributed by atoms with Crippen LogP contribution in [0.5, 0.6) is 0 Å². The molecule has 0 fully saturated rings. The number of carbonyl (C=O) groups excluding carboxylic acids is 1. The Kier molecular flexibility index (Phi) is 3.44. The van der Waals surface area contributed by atoms with Gasteiger partial charge in [0.1, 0.15) is 16.6 Å². The van der Waals surface area contributed by atoms with E-state index in [9.17, 15) is 4.79 Å². The molecule has 4 nitrogen and oxygen atoms in total. The van der Waals surface area contributed by atoms with E-state index in [0.29, 0.717) is 17.4 Å². The lowest BCUT2D eigenvalue weighted by Gasteiger charge is -2.14. The Morgan fingerprint density at radius 2 is 2.24 bits per heavy atom. The van der Waals surface area contributed by atoms with Crippen LogP contribution in [-0.2, 0) is 6.54 Å². The van der Waals surface area contributed by atoms with Crippen LogP contribution >= 0.6 is 11.6 Å². The number of rotatable bonds is 3. The fourth-order valence-electron chi connectivity index (χ4n) is 1.43. The summed E-state index contributed by atoms with van der Waals surface area (Å²) in [5, 5.41) is 0.308. The van der Waals surface area contributed by atoms with Gasteiger partial charge in [-0.1, -0.05) is 17.7 Å².